The highest BCUT2D eigenvalue weighted by Crippen LogP contribution is 2.30. The summed E-state index contributed by atoms with van der Waals surface area (Å²) in [5.74, 6) is 0. The SMILES string of the molecule is C1=C(c2ccccc2)C(c2ccccc2)=NCc2cscc21. The predicted octanol–water partition coefficient (Wildman–Crippen LogP) is 5.29. The summed E-state index contributed by atoms with van der Waals surface area (Å²) in [6, 6.07) is 21.0. The van der Waals surface area contributed by atoms with Crippen LogP contribution in [0.3, 0.4) is 0 Å². The Bertz CT molecular complexity index is 842. The minimum atomic E-state index is 0.746. The molecule has 1 nitrogen and oxygen atoms in total. The Kier molecular flexibility index (Phi) is 3.45. The molecule has 22 heavy (non-hydrogen) atoms. The van der Waals surface area contributed by atoms with Gasteiger partial charge in [0.2, 0.25) is 0 Å². The number of rotatable bonds is 2. The fraction of sp³-hybridized carbons (Fsp3) is 0.0500. The molecule has 1 aliphatic rings. The van der Waals surface area contributed by atoms with Crippen molar-refractivity contribution in [2.24, 2.45) is 4.99 Å². The Labute approximate surface area is 134 Å². The predicted molar refractivity (Wildman–Crippen MR) is 95.3 cm³/mol. The van der Waals surface area contributed by atoms with Crippen LogP contribution in [-0.4, -0.2) is 5.71 Å². The molecule has 0 fully saturated rings. The number of thiophene rings is 1. The summed E-state index contributed by atoms with van der Waals surface area (Å²) >= 11 is 1.75. The van der Waals surface area contributed by atoms with E-state index in [0.717, 1.165) is 12.3 Å². The van der Waals surface area contributed by atoms with Crippen molar-refractivity contribution in [3.8, 4) is 0 Å². The second kappa shape index (κ2) is 5.74. The number of fused-ring (bicyclic) bond motifs is 1. The van der Waals surface area contributed by atoms with E-state index >= 15 is 0 Å². The van der Waals surface area contributed by atoms with Crippen molar-refractivity contribution in [3.63, 3.8) is 0 Å². The van der Waals surface area contributed by atoms with Crippen LogP contribution in [0.15, 0.2) is 76.4 Å². The number of aliphatic imine (C=N–C) groups is 1. The van der Waals surface area contributed by atoms with E-state index in [9.17, 15) is 0 Å². The lowest BCUT2D eigenvalue weighted by Crippen LogP contribution is -2.04. The van der Waals surface area contributed by atoms with Crippen molar-refractivity contribution < 1.29 is 0 Å². The Morgan fingerprint density at radius 1 is 0.773 bits per heavy atom. The van der Waals surface area contributed by atoms with Crippen LogP contribution in [0.1, 0.15) is 22.3 Å². The van der Waals surface area contributed by atoms with Crippen LogP contribution in [0, 0.1) is 0 Å². The minimum absolute atomic E-state index is 0.746. The molecule has 3 aromatic rings. The maximum absolute atomic E-state index is 4.92. The zero-order valence-electron chi connectivity index (χ0n) is 12.1. The van der Waals surface area contributed by atoms with Crippen LogP contribution in [0.25, 0.3) is 11.6 Å². The van der Waals surface area contributed by atoms with Crippen LogP contribution in [0.5, 0.6) is 0 Å². The zero-order valence-corrected chi connectivity index (χ0v) is 12.9. The molecule has 106 valence electrons. The highest BCUT2D eigenvalue weighted by molar-refractivity contribution is 7.08. The molecule has 0 aliphatic carbocycles. The number of hydrogen-bond acceptors (Lipinski definition) is 2. The zero-order chi connectivity index (χ0) is 14.8. The summed E-state index contributed by atoms with van der Waals surface area (Å²) in [4.78, 5) is 4.92. The van der Waals surface area contributed by atoms with Crippen LogP contribution in [0.4, 0.5) is 0 Å². The summed E-state index contributed by atoms with van der Waals surface area (Å²) in [6.07, 6.45) is 2.28. The summed E-state index contributed by atoms with van der Waals surface area (Å²) in [6.45, 7) is 0.746. The summed E-state index contributed by atoms with van der Waals surface area (Å²) in [5, 5.41) is 4.41. The van der Waals surface area contributed by atoms with Gasteiger partial charge in [-0.25, -0.2) is 0 Å². The normalized spacial score (nSPS) is 13.8. The van der Waals surface area contributed by atoms with Crippen molar-refractivity contribution in [3.05, 3.63) is 93.7 Å². The Hall–Kier alpha value is -2.45. The third-order valence-electron chi connectivity index (χ3n) is 3.87. The van der Waals surface area contributed by atoms with Gasteiger partial charge in [-0.3, -0.25) is 4.99 Å². The van der Waals surface area contributed by atoms with Gasteiger partial charge in [0.05, 0.1) is 12.3 Å². The first-order valence-corrected chi connectivity index (χ1v) is 8.28. The van der Waals surface area contributed by atoms with Gasteiger partial charge >= 0.3 is 0 Å². The molecule has 2 heterocycles. The van der Waals surface area contributed by atoms with Crippen LogP contribution in [0.2, 0.25) is 0 Å². The fourth-order valence-corrected chi connectivity index (χ4v) is 3.55. The van der Waals surface area contributed by atoms with E-state index in [1.165, 1.54) is 27.8 Å². The van der Waals surface area contributed by atoms with E-state index < -0.39 is 0 Å². The quantitative estimate of drug-likeness (QED) is 0.609. The molecule has 0 amide bonds. The van der Waals surface area contributed by atoms with Gasteiger partial charge in [0, 0.05) is 11.1 Å². The molecule has 0 unspecified atom stereocenters. The van der Waals surface area contributed by atoms with Crippen molar-refractivity contribution in [2.45, 2.75) is 6.54 Å². The van der Waals surface area contributed by atoms with E-state index in [4.69, 9.17) is 4.99 Å². The van der Waals surface area contributed by atoms with Crippen molar-refractivity contribution in [2.75, 3.05) is 0 Å². The molecule has 0 N–H and O–H groups in total. The molecule has 0 atom stereocenters. The molecular formula is C20H15NS. The first-order chi connectivity index (χ1) is 10.9. The average Bonchev–Trinajstić information content (AvgIpc) is 2.95. The molecule has 1 aromatic heterocycles. The third-order valence-corrected chi connectivity index (χ3v) is 4.68. The number of benzene rings is 2. The first kappa shape index (κ1) is 13.2. The van der Waals surface area contributed by atoms with Gasteiger partial charge in [-0.1, -0.05) is 60.7 Å². The topological polar surface area (TPSA) is 12.4 Å². The van der Waals surface area contributed by atoms with Gasteiger partial charge in [-0.2, -0.15) is 11.3 Å². The summed E-state index contributed by atoms with van der Waals surface area (Å²) in [5.41, 5.74) is 7.26. The molecule has 0 bridgehead atoms. The van der Waals surface area contributed by atoms with Gasteiger partial charge in [0.1, 0.15) is 0 Å². The lowest BCUT2D eigenvalue weighted by molar-refractivity contribution is 1.08. The Morgan fingerprint density at radius 2 is 1.45 bits per heavy atom. The van der Waals surface area contributed by atoms with E-state index in [-0.39, 0.29) is 0 Å². The third kappa shape index (κ3) is 2.42. The molecular weight excluding hydrogens is 286 g/mol. The van der Waals surface area contributed by atoms with Crippen molar-refractivity contribution >= 4 is 28.7 Å². The molecule has 0 saturated heterocycles. The number of allylic oxidation sites excluding steroid dienone is 1. The molecule has 0 radical (unpaired) electrons. The lowest BCUT2D eigenvalue weighted by Gasteiger charge is -2.11. The molecule has 2 aromatic carbocycles. The maximum Gasteiger partial charge on any atom is 0.0729 e. The highest BCUT2D eigenvalue weighted by atomic mass is 32.1. The van der Waals surface area contributed by atoms with E-state index in [2.05, 4.69) is 71.4 Å². The van der Waals surface area contributed by atoms with Gasteiger partial charge in [-0.15, -0.1) is 0 Å². The maximum atomic E-state index is 4.92. The fourth-order valence-electron chi connectivity index (χ4n) is 2.74. The molecule has 0 saturated carbocycles. The van der Waals surface area contributed by atoms with E-state index in [1.54, 1.807) is 11.3 Å². The van der Waals surface area contributed by atoms with Gasteiger partial charge in [-0.05, 0) is 33.5 Å². The van der Waals surface area contributed by atoms with E-state index in [0.29, 0.717) is 0 Å². The lowest BCUT2D eigenvalue weighted by atomic mass is 9.94. The number of hydrogen-bond donors (Lipinski definition) is 0. The second-order valence-electron chi connectivity index (χ2n) is 5.31. The Morgan fingerprint density at radius 3 is 2.18 bits per heavy atom. The van der Waals surface area contributed by atoms with E-state index in [1.807, 2.05) is 6.07 Å². The van der Waals surface area contributed by atoms with Gasteiger partial charge in [0.25, 0.3) is 0 Å². The van der Waals surface area contributed by atoms with Crippen LogP contribution < -0.4 is 0 Å². The molecule has 0 spiro atoms. The van der Waals surface area contributed by atoms with Crippen LogP contribution in [-0.2, 0) is 6.54 Å². The highest BCUT2D eigenvalue weighted by Gasteiger charge is 2.16. The smallest absolute Gasteiger partial charge is 0.0729 e. The summed E-state index contributed by atoms with van der Waals surface area (Å²) in [7, 11) is 0. The van der Waals surface area contributed by atoms with Crippen molar-refractivity contribution in [1.82, 2.24) is 0 Å². The van der Waals surface area contributed by atoms with Gasteiger partial charge in [0.15, 0.2) is 0 Å². The summed E-state index contributed by atoms with van der Waals surface area (Å²) < 4.78 is 0. The standard InChI is InChI=1S/C20H15NS/c1-3-7-15(8-4-1)19-11-17-13-22-14-18(17)12-21-20(19)16-9-5-2-6-10-16/h1-11,13-14H,12H2. The first-order valence-electron chi connectivity index (χ1n) is 7.34. The molecule has 1 aliphatic heterocycles. The monoisotopic (exact) mass is 301 g/mol. The largest absolute Gasteiger partial charge is 0.279 e. The second-order valence-corrected chi connectivity index (χ2v) is 6.05. The molecule has 4 rings (SSSR count). The van der Waals surface area contributed by atoms with Crippen molar-refractivity contribution in [1.29, 1.82) is 0 Å². The Balaban J connectivity index is 1.91. The minimum Gasteiger partial charge on any atom is -0.279 e. The van der Waals surface area contributed by atoms with Crippen LogP contribution >= 0.6 is 11.3 Å². The molecule has 2 heteroatoms. The average molecular weight is 301 g/mol. The van der Waals surface area contributed by atoms with Gasteiger partial charge < -0.3 is 0 Å². The number of nitrogens with zero attached hydrogens (tertiary/aromatic N) is 1.